The van der Waals surface area contributed by atoms with Gasteiger partial charge in [-0.05, 0) is 12.1 Å². The van der Waals surface area contributed by atoms with Crippen molar-refractivity contribution < 1.29 is 9.90 Å². The van der Waals surface area contributed by atoms with Crippen molar-refractivity contribution in [3.8, 4) is 5.75 Å². The van der Waals surface area contributed by atoms with Crippen LogP contribution in [0.25, 0.3) is 0 Å². The lowest BCUT2D eigenvalue weighted by Crippen LogP contribution is -2.30. The zero-order valence-electron chi connectivity index (χ0n) is 6.02. The predicted octanol–water partition coefficient (Wildman–Crippen LogP) is -0.187. The number of halogens is 1. The number of nitrogens with zero attached hydrogens (tertiary/aromatic N) is 1. The molecule has 0 bridgehead atoms. The Morgan fingerprint density at radius 2 is 2.25 bits per heavy atom. The van der Waals surface area contributed by atoms with Gasteiger partial charge in [0, 0.05) is 0 Å². The van der Waals surface area contributed by atoms with Crippen molar-refractivity contribution >= 4 is 18.3 Å². The molecule has 4 N–H and O–H groups in total. The topological polar surface area (TPSA) is 88.2 Å². The Morgan fingerprint density at radius 3 is 2.67 bits per heavy atom. The Labute approximate surface area is 75.0 Å². The number of aromatic nitrogens is 1. The summed E-state index contributed by atoms with van der Waals surface area (Å²) in [6, 6.07) is 2.73. The van der Waals surface area contributed by atoms with Gasteiger partial charge in [0.2, 0.25) is 0 Å². The number of nitrogen functional groups attached to an aromatic ring is 1. The van der Waals surface area contributed by atoms with Gasteiger partial charge < -0.3 is 5.11 Å². The molecule has 1 aromatic rings. The molecule has 6 heteroatoms. The van der Waals surface area contributed by atoms with Crippen LogP contribution < -0.4 is 11.3 Å². The summed E-state index contributed by atoms with van der Waals surface area (Å²) in [5.74, 6) is 4.37. The summed E-state index contributed by atoms with van der Waals surface area (Å²) in [5.41, 5.74) is 2.09. The van der Waals surface area contributed by atoms with Crippen LogP contribution in [0.1, 0.15) is 10.5 Å². The van der Waals surface area contributed by atoms with Gasteiger partial charge in [-0.1, -0.05) is 0 Å². The molecule has 0 unspecified atom stereocenters. The second-order valence-electron chi connectivity index (χ2n) is 1.88. The summed E-state index contributed by atoms with van der Waals surface area (Å²) in [4.78, 5) is 14.4. The molecule has 0 radical (unpaired) electrons. The molecule has 0 spiro atoms. The molecular formula is C6H8ClN3O2. The van der Waals surface area contributed by atoms with Crippen LogP contribution in [-0.2, 0) is 0 Å². The number of amides is 1. The molecule has 1 rings (SSSR count). The molecule has 0 saturated heterocycles. The maximum atomic E-state index is 10.7. The number of carbonyl (C=O) groups is 1. The van der Waals surface area contributed by atoms with E-state index in [1.54, 1.807) is 0 Å². The summed E-state index contributed by atoms with van der Waals surface area (Å²) in [7, 11) is 0. The van der Waals surface area contributed by atoms with E-state index in [2.05, 4.69) is 4.98 Å². The predicted molar refractivity (Wildman–Crippen MR) is 44.8 cm³/mol. The van der Waals surface area contributed by atoms with Crippen molar-refractivity contribution in [3.05, 3.63) is 24.0 Å². The number of nitrogens with two attached hydrogens (primary N) is 1. The van der Waals surface area contributed by atoms with E-state index in [9.17, 15) is 4.79 Å². The van der Waals surface area contributed by atoms with Crippen molar-refractivity contribution in [2.75, 3.05) is 0 Å². The van der Waals surface area contributed by atoms with E-state index in [-0.39, 0.29) is 23.9 Å². The first kappa shape index (κ1) is 10.7. The van der Waals surface area contributed by atoms with Crippen LogP contribution in [0.2, 0.25) is 0 Å². The average molecular weight is 190 g/mol. The van der Waals surface area contributed by atoms with Crippen LogP contribution in [0.15, 0.2) is 18.3 Å². The molecule has 1 aromatic heterocycles. The van der Waals surface area contributed by atoms with Gasteiger partial charge in [0.15, 0.2) is 0 Å². The molecule has 1 heterocycles. The fraction of sp³-hybridized carbons (Fsp3) is 0. The van der Waals surface area contributed by atoms with Crippen LogP contribution in [-0.4, -0.2) is 16.0 Å². The number of hydrogen-bond donors (Lipinski definition) is 3. The third-order valence-electron chi connectivity index (χ3n) is 1.11. The zero-order chi connectivity index (χ0) is 8.27. The Hall–Kier alpha value is -1.33. The third kappa shape index (κ3) is 2.37. The fourth-order valence-electron chi connectivity index (χ4n) is 0.594. The van der Waals surface area contributed by atoms with E-state index in [1.807, 2.05) is 5.43 Å². The first-order valence-electron chi connectivity index (χ1n) is 2.90. The number of aromatic hydroxyl groups is 1. The molecule has 12 heavy (non-hydrogen) atoms. The number of hydrazine groups is 1. The largest absolute Gasteiger partial charge is 0.506 e. The van der Waals surface area contributed by atoms with Gasteiger partial charge in [-0.25, -0.2) is 10.8 Å². The van der Waals surface area contributed by atoms with E-state index in [1.165, 1.54) is 18.3 Å². The standard InChI is InChI=1S/C6H7N3O2.ClH/c7-9-6(11)5-2-1-4(10)3-8-5;/h1-3,10H,7H2,(H,9,11);1H. The molecule has 0 aromatic carbocycles. The molecule has 0 aliphatic heterocycles. The van der Waals surface area contributed by atoms with Gasteiger partial charge in [-0.15, -0.1) is 12.4 Å². The minimum atomic E-state index is -0.481. The average Bonchev–Trinajstić information content (AvgIpc) is 2.05. The normalized spacial score (nSPS) is 8.42. The summed E-state index contributed by atoms with van der Waals surface area (Å²) < 4.78 is 0. The van der Waals surface area contributed by atoms with Crippen LogP contribution in [0.3, 0.4) is 0 Å². The Kier molecular flexibility index (Phi) is 4.03. The van der Waals surface area contributed by atoms with Crippen molar-refractivity contribution in [1.29, 1.82) is 0 Å². The lowest BCUT2D eigenvalue weighted by Gasteiger charge is -1.96. The first-order chi connectivity index (χ1) is 5.24. The van der Waals surface area contributed by atoms with E-state index in [0.29, 0.717) is 0 Å². The lowest BCUT2D eigenvalue weighted by molar-refractivity contribution is 0.0948. The number of rotatable bonds is 1. The van der Waals surface area contributed by atoms with Crippen molar-refractivity contribution in [2.45, 2.75) is 0 Å². The second kappa shape index (κ2) is 4.53. The van der Waals surface area contributed by atoms with Gasteiger partial charge in [0.05, 0.1) is 6.20 Å². The number of nitrogens with one attached hydrogen (secondary N) is 1. The molecule has 1 amide bonds. The fourth-order valence-corrected chi connectivity index (χ4v) is 0.594. The molecule has 0 saturated carbocycles. The smallest absolute Gasteiger partial charge is 0.283 e. The minimum Gasteiger partial charge on any atom is -0.506 e. The van der Waals surface area contributed by atoms with Crippen LogP contribution in [0, 0.1) is 0 Å². The number of hydrogen-bond acceptors (Lipinski definition) is 4. The van der Waals surface area contributed by atoms with Crippen molar-refractivity contribution in [3.63, 3.8) is 0 Å². The molecule has 0 fully saturated rings. The van der Waals surface area contributed by atoms with Crippen LogP contribution in [0.5, 0.6) is 5.75 Å². The summed E-state index contributed by atoms with van der Waals surface area (Å²) >= 11 is 0. The Bertz CT molecular complexity index is 262. The van der Waals surface area contributed by atoms with Gasteiger partial charge in [-0.2, -0.15) is 0 Å². The third-order valence-corrected chi connectivity index (χ3v) is 1.11. The Balaban J connectivity index is 0.00000121. The summed E-state index contributed by atoms with van der Waals surface area (Å²) in [6.07, 6.45) is 1.17. The minimum absolute atomic E-state index is 0. The van der Waals surface area contributed by atoms with E-state index < -0.39 is 5.91 Å². The van der Waals surface area contributed by atoms with Gasteiger partial charge >= 0.3 is 0 Å². The molecule has 0 atom stereocenters. The highest BCUT2D eigenvalue weighted by molar-refractivity contribution is 5.91. The molecule has 0 aliphatic carbocycles. The molecular weight excluding hydrogens is 182 g/mol. The number of carbonyl (C=O) groups excluding carboxylic acids is 1. The first-order valence-corrected chi connectivity index (χ1v) is 2.90. The summed E-state index contributed by atoms with van der Waals surface area (Å²) in [6.45, 7) is 0. The van der Waals surface area contributed by atoms with E-state index in [0.717, 1.165) is 0 Å². The van der Waals surface area contributed by atoms with E-state index in [4.69, 9.17) is 10.9 Å². The Morgan fingerprint density at radius 1 is 1.58 bits per heavy atom. The van der Waals surface area contributed by atoms with Gasteiger partial charge in [0.1, 0.15) is 11.4 Å². The van der Waals surface area contributed by atoms with Crippen molar-refractivity contribution in [2.24, 2.45) is 5.84 Å². The number of pyridine rings is 1. The lowest BCUT2D eigenvalue weighted by atomic mass is 10.3. The maximum Gasteiger partial charge on any atom is 0.283 e. The van der Waals surface area contributed by atoms with Crippen LogP contribution >= 0.6 is 12.4 Å². The second-order valence-corrected chi connectivity index (χ2v) is 1.88. The monoisotopic (exact) mass is 189 g/mol. The highest BCUT2D eigenvalue weighted by Gasteiger charge is 2.02. The van der Waals surface area contributed by atoms with Crippen LogP contribution in [0.4, 0.5) is 0 Å². The highest BCUT2D eigenvalue weighted by atomic mass is 35.5. The van der Waals surface area contributed by atoms with Crippen molar-refractivity contribution in [1.82, 2.24) is 10.4 Å². The summed E-state index contributed by atoms with van der Waals surface area (Å²) in [5, 5.41) is 8.79. The van der Waals surface area contributed by atoms with Gasteiger partial charge in [-0.3, -0.25) is 10.2 Å². The molecule has 0 aliphatic rings. The van der Waals surface area contributed by atoms with E-state index >= 15 is 0 Å². The molecule has 66 valence electrons. The SMILES string of the molecule is Cl.NNC(=O)c1ccc(O)cn1. The van der Waals surface area contributed by atoms with Gasteiger partial charge in [0.25, 0.3) is 5.91 Å². The zero-order valence-corrected chi connectivity index (χ0v) is 6.84. The quantitative estimate of drug-likeness (QED) is 0.325. The highest BCUT2D eigenvalue weighted by Crippen LogP contribution is 2.04. The molecule has 5 nitrogen and oxygen atoms in total. The maximum absolute atomic E-state index is 10.7.